The summed E-state index contributed by atoms with van der Waals surface area (Å²) in [6.07, 6.45) is 19.0. The maximum Gasteiger partial charge on any atom is 0.130 e. The molecule has 1 atom stereocenters. The molecule has 1 radical (unpaired) electrons. The van der Waals surface area contributed by atoms with Gasteiger partial charge in [-0.25, -0.2) is 0 Å². The molecule has 0 N–H and O–H groups in total. The Balaban J connectivity index is 0.000000283. The molecule has 4 rings (SSSR count). The van der Waals surface area contributed by atoms with Gasteiger partial charge in [0.1, 0.15) is 11.5 Å². The molecule has 4 heteroatoms. The van der Waals surface area contributed by atoms with E-state index in [0.717, 1.165) is 27.9 Å². The van der Waals surface area contributed by atoms with Crippen molar-refractivity contribution < 1.29 is 31.9 Å². The van der Waals surface area contributed by atoms with E-state index in [9.17, 15) is 0 Å². The van der Waals surface area contributed by atoms with Crippen molar-refractivity contribution in [3.8, 4) is 22.6 Å². The third kappa shape index (κ3) is 9.56. The number of rotatable bonds is 3. The summed E-state index contributed by atoms with van der Waals surface area (Å²) in [6.45, 7) is 0. The molecule has 2 saturated carbocycles. The van der Waals surface area contributed by atoms with Crippen LogP contribution in [0.5, 0.6) is 11.5 Å². The van der Waals surface area contributed by atoms with Gasteiger partial charge in [-0.1, -0.05) is 68.9 Å². The average molecular weight is 610 g/mol. The molecule has 171 valence electrons. The fourth-order valence-electron chi connectivity index (χ4n) is 3.64. The molecule has 2 nitrogen and oxygen atoms in total. The summed E-state index contributed by atoms with van der Waals surface area (Å²) in [7, 11) is 6.08. The molecule has 0 aromatic heterocycles. The van der Waals surface area contributed by atoms with Crippen LogP contribution >= 0.6 is 9.24 Å². The summed E-state index contributed by atoms with van der Waals surface area (Å²) in [5, 5.41) is 1.12. The van der Waals surface area contributed by atoms with E-state index < -0.39 is 0 Å². The quantitative estimate of drug-likeness (QED) is 0.209. The minimum Gasteiger partial charge on any atom is -0.496 e. The van der Waals surface area contributed by atoms with Gasteiger partial charge in [0.05, 0.1) is 19.8 Å². The van der Waals surface area contributed by atoms with Gasteiger partial charge in [-0.15, -0.1) is 9.24 Å². The maximum atomic E-state index is 5.41. The Morgan fingerprint density at radius 3 is 1.47 bits per heavy atom. The Hall–Kier alpha value is -0.790. The van der Waals surface area contributed by atoms with E-state index >= 15 is 0 Å². The van der Waals surface area contributed by atoms with Gasteiger partial charge in [0, 0.05) is 22.4 Å². The summed E-state index contributed by atoms with van der Waals surface area (Å²) >= 11 is 0. The first-order valence-electron chi connectivity index (χ1n) is 11.0. The number of methoxy groups -OCH3 is 2. The second kappa shape index (κ2) is 16.8. The Kier molecular flexibility index (Phi) is 15.3. The third-order valence-corrected chi connectivity index (χ3v) is 5.79. The largest absolute Gasteiger partial charge is 0.496 e. The van der Waals surface area contributed by atoms with E-state index in [0.29, 0.717) is 0 Å². The first-order valence-corrected chi connectivity index (χ1v) is 11.5. The van der Waals surface area contributed by atoms with Gasteiger partial charge in [0.2, 0.25) is 0 Å². The van der Waals surface area contributed by atoms with Crippen LogP contribution < -0.4 is 14.8 Å². The average Bonchev–Trinajstić information content (AvgIpc) is 2.82. The number of ether oxygens (including phenoxy) is 2. The number of hydrogen-bond donors (Lipinski definition) is 0. The standard InChI is InChI=1S/C14H15O2P.2C6H11.Au/c1-15-11-7-5-8-12(16-2)14(11)10-6-3-4-9-13(10)17;2*1-2-4-6-5-3-1;/h3-9H,17H2,1-2H3;2*1H,2-6H2;/q;2*-1;. The van der Waals surface area contributed by atoms with E-state index in [2.05, 4.69) is 28.1 Å². The molecule has 0 heterocycles. The molecule has 2 aromatic carbocycles. The summed E-state index contributed by atoms with van der Waals surface area (Å²) in [5.74, 6) is 1.64. The minimum absolute atomic E-state index is 0. The van der Waals surface area contributed by atoms with Gasteiger partial charge in [0.15, 0.2) is 0 Å². The molecule has 2 aliphatic carbocycles. The topological polar surface area (TPSA) is 18.5 Å². The molecule has 30 heavy (non-hydrogen) atoms. The summed E-state index contributed by atoms with van der Waals surface area (Å²) in [4.78, 5) is 0. The van der Waals surface area contributed by atoms with Crippen LogP contribution in [0.2, 0.25) is 0 Å². The zero-order chi connectivity index (χ0) is 20.7. The summed E-state index contributed by atoms with van der Waals surface area (Å²) in [6, 6.07) is 13.9. The van der Waals surface area contributed by atoms with Gasteiger partial charge in [-0.2, -0.15) is 25.7 Å². The maximum absolute atomic E-state index is 5.41. The summed E-state index contributed by atoms with van der Waals surface area (Å²) in [5.41, 5.74) is 2.09. The van der Waals surface area contributed by atoms with Crippen molar-refractivity contribution in [2.75, 3.05) is 14.2 Å². The van der Waals surface area contributed by atoms with Crippen molar-refractivity contribution in [2.24, 2.45) is 0 Å². The van der Waals surface area contributed by atoms with Gasteiger partial charge in [-0.3, -0.25) is 0 Å². The molecular formula is C26H37AuO2P-2. The predicted molar refractivity (Wildman–Crippen MR) is 129 cm³/mol. The second-order valence-electron chi connectivity index (χ2n) is 7.48. The van der Waals surface area contributed by atoms with Gasteiger partial charge in [0.25, 0.3) is 0 Å². The van der Waals surface area contributed by atoms with Crippen molar-refractivity contribution in [2.45, 2.75) is 64.2 Å². The number of benzene rings is 2. The molecular weight excluding hydrogens is 572 g/mol. The van der Waals surface area contributed by atoms with Crippen LogP contribution in [0.1, 0.15) is 64.2 Å². The Morgan fingerprint density at radius 2 is 1.13 bits per heavy atom. The molecule has 0 spiro atoms. The molecule has 0 aliphatic heterocycles. The van der Waals surface area contributed by atoms with Crippen LogP contribution in [-0.2, 0) is 22.4 Å². The minimum atomic E-state index is 0. The van der Waals surface area contributed by atoms with Gasteiger partial charge in [-0.05, 0) is 23.0 Å². The molecule has 2 fully saturated rings. The fraction of sp³-hybridized carbons (Fsp3) is 0.462. The van der Waals surface area contributed by atoms with Crippen LogP contribution in [0.25, 0.3) is 11.1 Å². The zero-order valence-corrected chi connectivity index (χ0v) is 21.8. The van der Waals surface area contributed by atoms with Crippen LogP contribution in [0.4, 0.5) is 0 Å². The Labute approximate surface area is 202 Å². The predicted octanol–water partition coefficient (Wildman–Crippen LogP) is 7.18. The van der Waals surface area contributed by atoms with Crippen LogP contribution in [0.15, 0.2) is 42.5 Å². The fourth-order valence-corrected chi connectivity index (χ4v) is 3.99. The molecule has 0 bridgehead atoms. The van der Waals surface area contributed by atoms with Crippen LogP contribution in [0, 0.1) is 12.8 Å². The van der Waals surface area contributed by atoms with Crippen LogP contribution in [-0.4, -0.2) is 14.2 Å². The van der Waals surface area contributed by atoms with Crippen molar-refractivity contribution in [1.82, 2.24) is 0 Å². The van der Waals surface area contributed by atoms with E-state index in [1.165, 1.54) is 64.2 Å². The van der Waals surface area contributed by atoms with E-state index in [4.69, 9.17) is 9.47 Å². The smallest absolute Gasteiger partial charge is 0.130 e. The second-order valence-corrected chi connectivity index (χ2v) is 8.10. The third-order valence-electron chi connectivity index (χ3n) is 5.29. The van der Waals surface area contributed by atoms with Crippen molar-refractivity contribution in [1.29, 1.82) is 0 Å². The molecule has 2 aromatic rings. The normalized spacial score (nSPS) is 15.3. The Bertz CT molecular complexity index is 640. The van der Waals surface area contributed by atoms with Gasteiger partial charge < -0.3 is 22.3 Å². The van der Waals surface area contributed by atoms with Crippen molar-refractivity contribution in [3.05, 3.63) is 55.3 Å². The first-order chi connectivity index (χ1) is 14.3. The SMILES string of the molecule is COc1cccc(OC)c1-c1ccccc1P.[Au].[CH-]1CCCCC1.[CH-]1CCCCC1. The van der Waals surface area contributed by atoms with E-state index in [1.807, 2.05) is 36.4 Å². The number of hydrogen-bond acceptors (Lipinski definition) is 2. The van der Waals surface area contributed by atoms with Crippen molar-refractivity contribution in [3.63, 3.8) is 0 Å². The summed E-state index contributed by atoms with van der Waals surface area (Å²) < 4.78 is 10.8. The first kappa shape index (κ1) is 27.2. The van der Waals surface area contributed by atoms with Crippen molar-refractivity contribution >= 4 is 14.5 Å². The molecule has 2 aliphatic rings. The van der Waals surface area contributed by atoms with Crippen LogP contribution in [0.3, 0.4) is 0 Å². The molecule has 0 saturated heterocycles. The zero-order valence-electron chi connectivity index (χ0n) is 18.5. The Morgan fingerprint density at radius 1 is 0.667 bits per heavy atom. The van der Waals surface area contributed by atoms with E-state index in [-0.39, 0.29) is 22.4 Å². The van der Waals surface area contributed by atoms with Gasteiger partial charge >= 0.3 is 0 Å². The monoisotopic (exact) mass is 609 g/mol. The molecule has 1 unspecified atom stereocenters. The van der Waals surface area contributed by atoms with E-state index in [1.54, 1.807) is 14.2 Å². The molecule has 0 amide bonds.